The molecular weight excluding hydrogens is 412 g/mol. The van der Waals surface area contributed by atoms with Crippen molar-refractivity contribution in [2.75, 3.05) is 24.0 Å². The predicted molar refractivity (Wildman–Crippen MR) is 114 cm³/mol. The van der Waals surface area contributed by atoms with Crippen LogP contribution in [0.3, 0.4) is 0 Å². The fourth-order valence-corrected chi connectivity index (χ4v) is 5.07. The number of nitrogens with one attached hydrogen (secondary N) is 1. The van der Waals surface area contributed by atoms with Gasteiger partial charge in [-0.2, -0.15) is 0 Å². The summed E-state index contributed by atoms with van der Waals surface area (Å²) in [4.78, 5) is 12.4. The summed E-state index contributed by atoms with van der Waals surface area (Å²) in [6.45, 7) is 4.80. The molecule has 2 aromatic carbocycles. The summed E-state index contributed by atoms with van der Waals surface area (Å²) in [5.41, 5.74) is 0.703. The number of ether oxygens (including phenoxy) is 1. The summed E-state index contributed by atoms with van der Waals surface area (Å²) in [6.07, 6.45) is 3.36. The highest BCUT2D eigenvalue weighted by molar-refractivity contribution is 7.93. The molecule has 1 amide bonds. The van der Waals surface area contributed by atoms with E-state index in [0.29, 0.717) is 18.8 Å². The number of benzene rings is 2. The van der Waals surface area contributed by atoms with E-state index in [9.17, 15) is 13.2 Å². The fourth-order valence-electron chi connectivity index (χ4n) is 3.13. The van der Waals surface area contributed by atoms with E-state index in [1.807, 2.05) is 0 Å². The van der Waals surface area contributed by atoms with Crippen molar-refractivity contribution in [2.45, 2.75) is 23.8 Å². The van der Waals surface area contributed by atoms with Crippen LogP contribution in [-0.4, -0.2) is 40.1 Å². The highest BCUT2D eigenvalue weighted by Crippen LogP contribution is 2.29. The lowest BCUT2D eigenvalue weighted by atomic mass is 10.2. The Balaban J connectivity index is 1.88. The van der Waals surface area contributed by atoms with Gasteiger partial charge in [-0.3, -0.25) is 9.10 Å². The van der Waals surface area contributed by atoms with Gasteiger partial charge < -0.3 is 10.1 Å². The van der Waals surface area contributed by atoms with E-state index >= 15 is 0 Å². The molecule has 8 heteroatoms. The second kappa shape index (κ2) is 9.43. The molecule has 0 radical (unpaired) electrons. The highest BCUT2D eigenvalue weighted by atomic mass is 35.5. The number of nitrogens with zero attached hydrogens (tertiary/aromatic N) is 1. The zero-order chi connectivity index (χ0) is 20.9. The van der Waals surface area contributed by atoms with Crippen LogP contribution in [0.2, 0.25) is 5.02 Å². The smallest absolute Gasteiger partial charge is 0.266 e. The van der Waals surface area contributed by atoms with E-state index in [-0.39, 0.29) is 34.0 Å². The average Bonchev–Trinajstić information content (AvgIpc) is 3.24. The van der Waals surface area contributed by atoms with Crippen LogP contribution in [0.5, 0.6) is 0 Å². The zero-order valence-corrected chi connectivity index (χ0v) is 17.5. The van der Waals surface area contributed by atoms with Crippen LogP contribution >= 0.6 is 11.6 Å². The maximum atomic E-state index is 13.3. The highest BCUT2D eigenvalue weighted by Gasteiger charge is 2.27. The van der Waals surface area contributed by atoms with Crippen molar-refractivity contribution in [3.05, 3.63) is 71.8 Å². The van der Waals surface area contributed by atoms with Gasteiger partial charge in [0.1, 0.15) is 4.90 Å². The second-order valence-electron chi connectivity index (χ2n) is 6.65. The number of rotatable bonds is 8. The molecule has 2 aromatic rings. The Labute approximate surface area is 176 Å². The van der Waals surface area contributed by atoms with Crippen LogP contribution in [0.15, 0.2) is 66.1 Å². The summed E-state index contributed by atoms with van der Waals surface area (Å²) in [5.74, 6) is -0.372. The molecule has 1 fully saturated rings. The Morgan fingerprint density at radius 3 is 2.69 bits per heavy atom. The van der Waals surface area contributed by atoms with Gasteiger partial charge in [0.25, 0.3) is 15.9 Å². The van der Waals surface area contributed by atoms with E-state index in [1.54, 1.807) is 30.3 Å². The Morgan fingerprint density at radius 2 is 2.03 bits per heavy atom. The molecule has 29 heavy (non-hydrogen) atoms. The van der Waals surface area contributed by atoms with Gasteiger partial charge in [0.05, 0.1) is 23.4 Å². The van der Waals surface area contributed by atoms with E-state index in [1.165, 1.54) is 28.6 Å². The molecule has 0 spiro atoms. The second-order valence-corrected chi connectivity index (χ2v) is 8.89. The number of hydrogen-bond donors (Lipinski definition) is 1. The number of halogens is 1. The minimum absolute atomic E-state index is 0.00406. The van der Waals surface area contributed by atoms with Gasteiger partial charge in [-0.1, -0.05) is 35.9 Å². The molecule has 6 nitrogen and oxygen atoms in total. The Bertz CT molecular complexity index is 973. The Morgan fingerprint density at radius 1 is 1.28 bits per heavy atom. The lowest BCUT2D eigenvalue weighted by molar-refractivity contribution is 0.0857. The predicted octanol–water partition coefficient (Wildman–Crippen LogP) is 3.63. The molecule has 1 heterocycles. The number of hydrogen-bond acceptors (Lipinski definition) is 4. The minimum Gasteiger partial charge on any atom is -0.376 e. The van der Waals surface area contributed by atoms with Gasteiger partial charge in [-0.15, -0.1) is 6.58 Å². The maximum absolute atomic E-state index is 13.3. The normalized spacial score (nSPS) is 16.4. The lowest BCUT2D eigenvalue weighted by Gasteiger charge is -2.24. The van der Waals surface area contributed by atoms with Crippen molar-refractivity contribution in [2.24, 2.45) is 0 Å². The zero-order valence-electron chi connectivity index (χ0n) is 15.9. The molecule has 1 saturated heterocycles. The van der Waals surface area contributed by atoms with E-state index in [0.717, 1.165) is 12.8 Å². The molecule has 1 N–H and O–H groups in total. The first-order chi connectivity index (χ1) is 13.9. The first kappa shape index (κ1) is 21.4. The molecule has 0 unspecified atom stereocenters. The number of anilines is 1. The van der Waals surface area contributed by atoms with Crippen LogP contribution in [0.25, 0.3) is 0 Å². The van der Waals surface area contributed by atoms with E-state index in [4.69, 9.17) is 16.3 Å². The Kier molecular flexibility index (Phi) is 6.95. The monoisotopic (exact) mass is 434 g/mol. The van der Waals surface area contributed by atoms with Crippen molar-refractivity contribution in [3.8, 4) is 0 Å². The third-order valence-corrected chi connectivity index (χ3v) is 6.89. The molecular formula is C21H23ClN2O4S. The van der Waals surface area contributed by atoms with Crippen molar-refractivity contribution in [1.82, 2.24) is 5.32 Å². The first-order valence-corrected chi connectivity index (χ1v) is 11.1. The van der Waals surface area contributed by atoms with Crippen molar-refractivity contribution in [1.29, 1.82) is 0 Å². The van der Waals surface area contributed by atoms with Crippen molar-refractivity contribution in [3.63, 3.8) is 0 Å². The standard InChI is InChI=1S/C21H23ClN2O4S/c1-2-12-24(17-7-4-3-5-8-17)29(26,27)20-14-16(10-11-19(20)22)21(25)23-15-18-9-6-13-28-18/h2-5,7-8,10-11,14,18H,1,6,9,12-13,15H2,(H,23,25)/t18-/m0/s1. The molecule has 0 bridgehead atoms. The van der Waals surface area contributed by atoms with Gasteiger partial charge in [-0.05, 0) is 43.2 Å². The van der Waals surface area contributed by atoms with Crippen LogP contribution in [0.4, 0.5) is 5.69 Å². The largest absolute Gasteiger partial charge is 0.376 e. The summed E-state index contributed by atoms with van der Waals surface area (Å²) >= 11 is 6.21. The quantitative estimate of drug-likeness (QED) is 0.644. The molecule has 1 aliphatic rings. The third-order valence-electron chi connectivity index (χ3n) is 4.61. The first-order valence-electron chi connectivity index (χ1n) is 9.31. The van der Waals surface area contributed by atoms with E-state index in [2.05, 4.69) is 11.9 Å². The summed E-state index contributed by atoms with van der Waals surface area (Å²) < 4.78 is 33.4. The van der Waals surface area contributed by atoms with Gasteiger partial charge in [-0.25, -0.2) is 8.42 Å². The topological polar surface area (TPSA) is 75.7 Å². The third kappa shape index (κ3) is 4.98. The van der Waals surface area contributed by atoms with Crippen LogP contribution in [0.1, 0.15) is 23.2 Å². The Hall–Kier alpha value is -2.35. The summed E-state index contributed by atoms with van der Waals surface area (Å²) in [7, 11) is -4.01. The maximum Gasteiger partial charge on any atom is 0.266 e. The number of carbonyl (C=O) groups is 1. The molecule has 3 rings (SSSR count). The van der Waals surface area contributed by atoms with Crippen LogP contribution in [-0.2, 0) is 14.8 Å². The summed E-state index contributed by atoms with van der Waals surface area (Å²) in [5, 5.41) is 2.84. The molecule has 0 aliphatic carbocycles. The van der Waals surface area contributed by atoms with E-state index < -0.39 is 10.0 Å². The molecule has 0 aromatic heterocycles. The molecule has 1 atom stereocenters. The van der Waals surface area contributed by atoms with Gasteiger partial charge >= 0.3 is 0 Å². The number of para-hydroxylation sites is 1. The number of carbonyl (C=O) groups excluding carboxylic acids is 1. The molecule has 1 aliphatic heterocycles. The molecule has 0 saturated carbocycles. The minimum atomic E-state index is -4.01. The SMILES string of the molecule is C=CCN(c1ccccc1)S(=O)(=O)c1cc(C(=O)NC[C@@H]2CCCO2)ccc1Cl. The fraction of sp³-hybridized carbons (Fsp3) is 0.286. The van der Waals surface area contributed by atoms with Crippen molar-refractivity contribution < 1.29 is 17.9 Å². The van der Waals surface area contributed by atoms with Crippen LogP contribution in [0, 0.1) is 0 Å². The lowest BCUT2D eigenvalue weighted by Crippen LogP contribution is -2.33. The van der Waals surface area contributed by atoms with Gasteiger partial charge in [0.2, 0.25) is 0 Å². The molecule has 154 valence electrons. The number of amides is 1. The van der Waals surface area contributed by atoms with Crippen molar-refractivity contribution >= 4 is 33.2 Å². The van der Waals surface area contributed by atoms with Crippen LogP contribution < -0.4 is 9.62 Å². The average molecular weight is 435 g/mol. The summed E-state index contributed by atoms with van der Waals surface area (Å²) in [6, 6.07) is 12.9. The van der Waals surface area contributed by atoms with Gasteiger partial charge in [0, 0.05) is 18.7 Å². The number of sulfonamides is 1. The van der Waals surface area contributed by atoms with Gasteiger partial charge in [0.15, 0.2) is 0 Å².